The van der Waals surface area contributed by atoms with Gasteiger partial charge >= 0.3 is 11.9 Å². The van der Waals surface area contributed by atoms with E-state index in [1.54, 1.807) is 0 Å². The molecule has 0 heterocycles. The van der Waals surface area contributed by atoms with E-state index in [9.17, 15) is 9.59 Å². The Kier molecular flexibility index (Phi) is 7.23. The Hall–Kier alpha value is -1.92. The van der Waals surface area contributed by atoms with Crippen LogP contribution in [-0.4, -0.2) is 43.5 Å². The average Bonchev–Trinajstić information content (AvgIpc) is 2.41. The molecule has 1 rings (SSSR count). The van der Waals surface area contributed by atoms with Crippen LogP contribution in [0.5, 0.6) is 0 Å². The highest BCUT2D eigenvalue weighted by Crippen LogP contribution is 2.00. The summed E-state index contributed by atoms with van der Waals surface area (Å²) in [5.74, 6) is -1.51. The van der Waals surface area contributed by atoms with Crippen LogP contribution in [0.2, 0.25) is 0 Å². The van der Waals surface area contributed by atoms with Crippen molar-refractivity contribution in [3.05, 3.63) is 35.9 Å². The smallest absolute Gasteiger partial charge is 0.332 e. The first-order valence-corrected chi connectivity index (χ1v) is 5.75. The molecule has 6 heteroatoms. The van der Waals surface area contributed by atoms with Gasteiger partial charge in [0.2, 0.25) is 0 Å². The number of esters is 1. The Bertz CT molecular complexity index is 389. The number of benzene rings is 1. The van der Waals surface area contributed by atoms with Crippen LogP contribution in [0.25, 0.3) is 0 Å². The van der Waals surface area contributed by atoms with Gasteiger partial charge in [0.15, 0.2) is 0 Å². The fourth-order valence-corrected chi connectivity index (χ4v) is 1.21. The van der Waals surface area contributed by atoms with E-state index in [-0.39, 0.29) is 33.0 Å². The standard InChI is InChI=1S/C13H16O6/c14-12(15)9-17-6-7-18-10-13(16)19-8-11-4-2-1-3-5-11/h1-5H,6-10H2,(H,14,15). The van der Waals surface area contributed by atoms with Gasteiger partial charge in [0.1, 0.15) is 19.8 Å². The third-order valence-electron chi connectivity index (χ3n) is 2.06. The lowest BCUT2D eigenvalue weighted by Crippen LogP contribution is -2.16. The summed E-state index contributed by atoms with van der Waals surface area (Å²) >= 11 is 0. The SMILES string of the molecule is O=C(O)COCCOCC(=O)OCc1ccccc1. The molecule has 6 nitrogen and oxygen atoms in total. The highest BCUT2D eigenvalue weighted by molar-refractivity contribution is 5.70. The molecule has 0 aliphatic heterocycles. The molecule has 0 aromatic heterocycles. The predicted octanol–water partition coefficient (Wildman–Crippen LogP) is 0.848. The van der Waals surface area contributed by atoms with Crippen molar-refractivity contribution in [3.8, 4) is 0 Å². The molecule has 0 fully saturated rings. The molecule has 0 unspecified atom stereocenters. The minimum Gasteiger partial charge on any atom is -0.480 e. The number of carboxylic acid groups (broad SMARTS) is 1. The summed E-state index contributed by atoms with van der Waals surface area (Å²) in [6, 6.07) is 9.31. The molecule has 0 radical (unpaired) electrons. The van der Waals surface area contributed by atoms with Gasteiger partial charge in [0.25, 0.3) is 0 Å². The van der Waals surface area contributed by atoms with Crippen LogP contribution in [0.15, 0.2) is 30.3 Å². The van der Waals surface area contributed by atoms with E-state index in [0.717, 1.165) is 5.56 Å². The summed E-state index contributed by atoms with van der Waals surface area (Å²) in [6.07, 6.45) is 0. The lowest BCUT2D eigenvalue weighted by molar-refractivity contribution is -0.152. The molecule has 104 valence electrons. The van der Waals surface area contributed by atoms with Crippen molar-refractivity contribution in [2.45, 2.75) is 6.61 Å². The molecule has 1 N–H and O–H groups in total. The van der Waals surface area contributed by atoms with Gasteiger partial charge in [-0.15, -0.1) is 0 Å². The second-order valence-corrected chi connectivity index (χ2v) is 3.65. The molecule has 19 heavy (non-hydrogen) atoms. The number of carbonyl (C=O) groups excluding carboxylic acids is 1. The van der Waals surface area contributed by atoms with E-state index in [0.29, 0.717) is 0 Å². The molecule has 0 spiro atoms. The van der Waals surface area contributed by atoms with Crippen molar-refractivity contribution >= 4 is 11.9 Å². The summed E-state index contributed by atoms with van der Waals surface area (Å²) in [7, 11) is 0. The lowest BCUT2D eigenvalue weighted by atomic mass is 10.2. The number of hydrogen-bond acceptors (Lipinski definition) is 5. The Morgan fingerprint density at radius 2 is 1.63 bits per heavy atom. The van der Waals surface area contributed by atoms with E-state index in [2.05, 4.69) is 0 Å². The highest BCUT2D eigenvalue weighted by atomic mass is 16.6. The number of carbonyl (C=O) groups is 2. The van der Waals surface area contributed by atoms with Crippen molar-refractivity contribution in [2.75, 3.05) is 26.4 Å². The van der Waals surface area contributed by atoms with Gasteiger partial charge in [-0.25, -0.2) is 9.59 Å². The van der Waals surface area contributed by atoms with Crippen LogP contribution >= 0.6 is 0 Å². The monoisotopic (exact) mass is 268 g/mol. The highest BCUT2D eigenvalue weighted by Gasteiger charge is 2.03. The molecule has 0 saturated heterocycles. The third-order valence-corrected chi connectivity index (χ3v) is 2.06. The van der Waals surface area contributed by atoms with E-state index in [1.165, 1.54) is 0 Å². The number of aliphatic carboxylic acids is 1. The first kappa shape index (κ1) is 15.1. The summed E-state index contributed by atoms with van der Waals surface area (Å²) < 4.78 is 14.7. The van der Waals surface area contributed by atoms with E-state index >= 15 is 0 Å². The minimum absolute atomic E-state index is 0.123. The number of carboxylic acids is 1. The molecule has 0 bridgehead atoms. The van der Waals surface area contributed by atoms with Crippen molar-refractivity contribution in [3.63, 3.8) is 0 Å². The van der Waals surface area contributed by atoms with Gasteiger partial charge < -0.3 is 19.3 Å². The van der Waals surface area contributed by atoms with Crippen molar-refractivity contribution < 1.29 is 28.9 Å². The zero-order valence-electron chi connectivity index (χ0n) is 10.4. The molecule has 0 atom stereocenters. The molecule has 0 aliphatic rings. The Morgan fingerprint density at radius 3 is 2.26 bits per heavy atom. The maximum atomic E-state index is 11.3. The first-order valence-electron chi connectivity index (χ1n) is 5.75. The molecule has 1 aromatic rings. The second kappa shape index (κ2) is 9.07. The average molecular weight is 268 g/mol. The minimum atomic E-state index is -1.04. The Labute approximate surface area is 110 Å². The number of rotatable bonds is 9. The van der Waals surface area contributed by atoms with Gasteiger partial charge in [-0.1, -0.05) is 30.3 Å². The van der Waals surface area contributed by atoms with Crippen LogP contribution in [0.3, 0.4) is 0 Å². The Balaban J connectivity index is 2.01. The third kappa shape index (κ3) is 7.91. The normalized spacial score (nSPS) is 10.1. The van der Waals surface area contributed by atoms with Crippen LogP contribution < -0.4 is 0 Å². The predicted molar refractivity (Wildman–Crippen MR) is 65.5 cm³/mol. The van der Waals surface area contributed by atoms with Gasteiger partial charge in [-0.3, -0.25) is 0 Å². The van der Waals surface area contributed by atoms with Gasteiger partial charge in [0.05, 0.1) is 13.2 Å². The van der Waals surface area contributed by atoms with Gasteiger partial charge in [-0.2, -0.15) is 0 Å². The summed E-state index contributed by atoms with van der Waals surface area (Å²) in [6.45, 7) is -0.0738. The maximum absolute atomic E-state index is 11.3. The van der Waals surface area contributed by atoms with Crippen LogP contribution in [-0.2, 0) is 30.4 Å². The summed E-state index contributed by atoms with van der Waals surface area (Å²) in [5.41, 5.74) is 0.903. The lowest BCUT2D eigenvalue weighted by Gasteiger charge is -2.06. The van der Waals surface area contributed by atoms with E-state index in [4.69, 9.17) is 19.3 Å². The zero-order chi connectivity index (χ0) is 13.9. The van der Waals surface area contributed by atoms with E-state index in [1.807, 2.05) is 30.3 Å². The fourth-order valence-electron chi connectivity index (χ4n) is 1.21. The van der Waals surface area contributed by atoms with Crippen molar-refractivity contribution in [2.24, 2.45) is 0 Å². The molecular formula is C13H16O6. The summed E-state index contributed by atoms with van der Waals surface area (Å²) in [4.78, 5) is 21.4. The van der Waals surface area contributed by atoms with E-state index < -0.39 is 11.9 Å². The molecule has 0 amide bonds. The maximum Gasteiger partial charge on any atom is 0.332 e. The fraction of sp³-hybridized carbons (Fsp3) is 0.385. The number of ether oxygens (including phenoxy) is 3. The Morgan fingerprint density at radius 1 is 1.00 bits per heavy atom. The quantitative estimate of drug-likeness (QED) is 0.528. The van der Waals surface area contributed by atoms with Crippen LogP contribution in [0.4, 0.5) is 0 Å². The molecule has 0 saturated carbocycles. The largest absolute Gasteiger partial charge is 0.480 e. The van der Waals surface area contributed by atoms with Crippen LogP contribution in [0.1, 0.15) is 5.56 Å². The van der Waals surface area contributed by atoms with Gasteiger partial charge in [-0.05, 0) is 5.56 Å². The van der Waals surface area contributed by atoms with Crippen molar-refractivity contribution in [1.29, 1.82) is 0 Å². The molecule has 0 aliphatic carbocycles. The van der Waals surface area contributed by atoms with Crippen molar-refractivity contribution in [1.82, 2.24) is 0 Å². The first-order chi connectivity index (χ1) is 9.18. The number of hydrogen-bond donors (Lipinski definition) is 1. The topological polar surface area (TPSA) is 82.1 Å². The van der Waals surface area contributed by atoms with Gasteiger partial charge in [0, 0.05) is 0 Å². The summed E-state index contributed by atoms with van der Waals surface area (Å²) in [5, 5.41) is 8.30. The zero-order valence-corrected chi connectivity index (χ0v) is 10.4. The molecule has 1 aromatic carbocycles. The molecular weight excluding hydrogens is 252 g/mol. The second-order valence-electron chi connectivity index (χ2n) is 3.65. The van der Waals surface area contributed by atoms with Crippen LogP contribution in [0, 0.1) is 0 Å².